The van der Waals surface area contributed by atoms with Crippen LogP contribution in [0.5, 0.6) is 0 Å². The molecule has 1 fully saturated rings. The standard InChI is InChI=1S/C15H22N4/c1-2-11-9-19(8-7-12(11)16)10-15-17-13-5-3-4-6-14(13)18-15/h3-6,11-12H,2,7-10,16H2,1H3,(H,17,18). The summed E-state index contributed by atoms with van der Waals surface area (Å²) in [7, 11) is 0. The van der Waals surface area contributed by atoms with Gasteiger partial charge in [-0.3, -0.25) is 4.90 Å². The van der Waals surface area contributed by atoms with Crippen molar-refractivity contribution in [1.29, 1.82) is 0 Å². The molecule has 0 spiro atoms. The highest BCUT2D eigenvalue weighted by molar-refractivity contribution is 5.74. The fourth-order valence-electron chi connectivity index (χ4n) is 2.99. The maximum absolute atomic E-state index is 6.16. The number of rotatable bonds is 3. The van der Waals surface area contributed by atoms with E-state index in [1.54, 1.807) is 0 Å². The van der Waals surface area contributed by atoms with Gasteiger partial charge in [0.2, 0.25) is 0 Å². The molecule has 1 aliphatic rings. The first-order valence-electron chi connectivity index (χ1n) is 7.18. The van der Waals surface area contributed by atoms with Crippen molar-refractivity contribution in [3.63, 3.8) is 0 Å². The van der Waals surface area contributed by atoms with Gasteiger partial charge in [0, 0.05) is 19.1 Å². The third kappa shape index (κ3) is 2.65. The molecule has 1 aromatic carbocycles. The lowest BCUT2D eigenvalue weighted by molar-refractivity contribution is 0.143. The minimum absolute atomic E-state index is 0.372. The van der Waals surface area contributed by atoms with E-state index in [0.717, 1.165) is 49.3 Å². The number of nitrogens with two attached hydrogens (primary N) is 1. The van der Waals surface area contributed by atoms with Crippen LogP contribution < -0.4 is 5.73 Å². The van der Waals surface area contributed by atoms with Gasteiger partial charge >= 0.3 is 0 Å². The number of likely N-dealkylation sites (tertiary alicyclic amines) is 1. The van der Waals surface area contributed by atoms with Gasteiger partial charge in [-0.15, -0.1) is 0 Å². The summed E-state index contributed by atoms with van der Waals surface area (Å²) in [6.07, 6.45) is 2.26. The van der Waals surface area contributed by atoms with Crippen LogP contribution in [0.3, 0.4) is 0 Å². The second-order valence-electron chi connectivity index (χ2n) is 5.56. The van der Waals surface area contributed by atoms with Crippen LogP contribution in [-0.4, -0.2) is 34.0 Å². The van der Waals surface area contributed by atoms with Crippen molar-refractivity contribution < 1.29 is 0 Å². The van der Waals surface area contributed by atoms with E-state index in [9.17, 15) is 0 Å². The summed E-state index contributed by atoms with van der Waals surface area (Å²) in [4.78, 5) is 10.5. The number of aromatic nitrogens is 2. The van der Waals surface area contributed by atoms with Crippen molar-refractivity contribution in [2.24, 2.45) is 11.7 Å². The molecule has 3 N–H and O–H groups in total. The molecule has 0 radical (unpaired) electrons. The number of benzene rings is 1. The summed E-state index contributed by atoms with van der Waals surface area (Å²) in [5.41, 5.74) is 8.33. The molecular formula is C15H22N4. The first-order chi connectivity index (χ1) is 9.26. The van der Waals surface area contributed by atoms with Gasteiger partial charge < -0.3 is 10.7 Å². The van der Waals surface area contributed by atoms with Gasteiger partial charge in [0.05, 0.1) is 17.6 Å². The van der Waals surface area contributed by atoms with Crippen LogP contribution in [0, 0.1) is 5.92 Å². The van der Waals surface area contributed by atoms with Crippen LogP contribution in [0.15, 0.2) is 24.3 Å². The Kier molecular flexibility index (Phi) is 3.53. The van der Waals surface area contributed by atoms with Crippen LogP contribution >= 0.6 is 0 Å². The predicted molar refractivity (Wildman–Crippen MR) is 77.7 cm³/mol. The van der Waals surface area contributed by atoms with Crippen molar-refractivity contribution in [2.75, 3.05) is 13.1 Å². The van der Waals surface area contributed by atoms with Gasteiger partial charge in [0.15, 0.2) is 0 Å². The van der Waals surface area contributed by atoms with Crippen LogP contribution in [0.25, 0.3) is 11.0 Å². The smallest absolute Gasteiger partial charge is 0.121 e. The molecule has 102 valence electrons. The summed E-state index contributed by atoms with van der Waals surface area (Å²) in [5.74, 6) is 1.68. The number of imidazole rings is 1. The Morgan fingerprint density at radius 1 is 1.42 bits per heavy atom. The number of hydrogen-bond donors (Lipinski definition) is 2. The molecule has 1 aromatic heterocycles. The number of nitrogens with zero attached hydrogens (tertiary/aromatic N) is 2. The molecule has 2 aromatic rings. The lowest BCUT2D eigenvalue weighted by atomic mass is 9.91. The fourth-order valence-corrected chi connectivity index (χ4v) is 2.99. The summed E-state index contributed by atoms with van der Waals surface area (Å²) in [5, 5.41) is 0. The predicted octanol–water partition coefficient (Wildman–Crippen LogP) is 2.12. The lowest BCUT2D eigenvalue weighted by Crippen LogP contribution is -2.46. The Morgan fingerprint density at radius 2 is 2.26 bits per heavy atom. The molecule has 19 heavy (non-hydrogen) atoms. The minimum atomic E-state index is 0.372. The molecule has 0 saturated carbocycles. The molecular weight excluding hydrogens is 236 g/mol. The van der Waals surface area contributed by atoms with E-state index in [-0.39, 0.29) is 0 Å². The number of fused-ring (bicyclic) bond motifs is 1. The maximum Gasteiger partial charge on any atom is 0.121 e. The number of nitrogens with one attached hydrogen (secondary N) is 1. The maximum atomic E-state index is 6.16. The van der Waals surface area contributed by atoms with Crippen molar-refractivity contribution in [2.45, 2.75) is 32.4 Å². The zero-order valence-electron chi connectivity index (χ0n) is 11.5. The van der Waals surface area contributed by atoms with Gasteiger partial charge in [-0.2, -0.15) is 0 Å². The highest BCUT2D eigenvalue weighted by atomic mass is 15.2. The number of aromatic amines is 1. The second kappa shape index (κ2) is 5.31. The number of para-hydroxylation sites is 2. The Balaban J connectivity index is 1.71. The van der Waals surface area contributed by atoms with Crippen LogP contribution in [-0.2, 0) is 6.54 Å². The first kappa shape index (κ1) is 12.6. The van der Waals surface area contributed by atoms with Gasteiger partial charge in [-0.1, -0.05) is 25.5 Å². The molecule has 2 atom stereocenters. The quantitative estimate of drug-likeness (QED) is 0.886. The number of piperidine rings is 1. The third-order valence-electron chi connectivity index (χ3n) is 4.21. The number of hydrogen-bond acceptors (Lipinski definition) is 3. The van der Waals surface area contributed by atoms with Crippen molar-refractivity contribution in [3.05, 3.63) is 30.1 Å². The Hall–Kier alpha value is -1.39. The Morgan fingerprint density at radius 3 is 3.05 bits per heavy atom. The average Bonchev–Trinajstić information content (AvgIpc) is 2.83. The first-order valence-corrected chi connectivity index (χ1v) is 7.18. The molecule has 4 heteroatoms. The molecule has 3 rings (SSSR count). The van der Waals surface area contributed by atoms with Gasteiger partial charge in [-0.25, -0.2) is 4.98 Å². The molecule has 2 heterocycles. The van der Waals surface area contributed by atoms with Crippen LogP contribution in [0.2, 0.25) is 0 Å². The van der Waals surface area contributed by atoms with E-state index >= 15 is 0 Å². The van der Waals surface area contributed by atoms with E-state index in [1.165, 1.54) is 0 Å². The summed E-state index contributed by atoms with van der Waals surface area (Å²) in [6, 6.07) is 8.57. The third-order valence-corrected chi connectivity index (χ3v) is 4.21. The normalized spacial score (nSPS) is 24.9. The average molecular weight is 258 g/mol. The Bertz CT molecular complexity index is 515. The van der Waals surface area contributed by atoms with E-state index in [4.69, 9.17) is 5.73 Å². The fraction of sp³-hybridized carbons (Fsp3) is 0.533. The van der Waals surface area contributed by atoms with E-state index in [2.05, 4.69) is 33.9 Å². The minimum Gasteiger partial charge on any atom is -0.341 e. The lowest BCUT2D eigenvalue weighted by Gasteiger charge is -2.36. The van der Waals surface area contributed by atoms with E-state index in [1.807, 2.05) is 12.1 Å². The Labute approximate surface area is 114 Å². The zero-order valence-corrected chi connectivity index (χ0v) is 11.5. The van der Waals surface area contributed by atoms with Crippen molar-refractivity contribution in [1.82, 2.24) is 14.9 Å². The van der Waals surface area contributed by atoms with Crippen molar-refractivity contribution in [3.8, 4) is 0 Å². The monoisotopic (exact) mass is 258 g/mol. The molecule has 2 unspecified atom stereocenters. The summed E-state index contributed by atoms with van der Waals surface area (Å²) in [6.45, 7) is 5.30. The summed E-state index contributed by atoms with van der Waals surface area (Å²) < 4.78 is 0. The van der Waals surface area contributed by atoms with E-state index < -0.39 is 0 Å². The molecule has 1 aliphatic heterocycles. The highest BCUT2D eigenvalue weighted by Gasteiger charge is 2.25. The molecule has 0 aliphatic carbocycles. The topological polar surface area (TPSA) is 57.9 Å². The zero-order chi connectivity index (χ0) is 13.2. The largest absolute Gasteiger partial charge is 0.341 e. The van der Waals surface area contributed by atoms with E-state index in [0.29, 0.717) is 12.0 Å². The highest BCUT2D eigenvalue weighted by Crippen LogP contribution is 2.20. The van der Waals surface area contributed by atoms with Crippen LogP contribution in [0.4, 0.5) is 0 Å². The molecule has 4 nitrogen and oxygen atoms in total. The SMILES string of the molecule is CCC1CN(Cc2nc3ccccc3[nH]2)CCC1N. The molecule has 0 amide bonds. The van der Waals surface area contributed by atoms with Gasteiger partial charge in [-0.05, 0) is 24.5 Å². The van der Waals surface area contributed by atoms with Crippen LogP contribution in [0.1, 0.15) is 25.6 Å². The summed E-state index contributed by atoms with van der Waals surface area (Å²) >= 11 is 0. The molecule has 1 saturated heterocycles. The molecule has 0 bridgehead atoms. The number of H-pyrrole nitrogens is 1. The van der Waals surface area contributed by atoms with Gasteiger partial charge in [0.25, 0.3) is 0 Å². The second-order valence-corrected chi connectivity index (χ2v) is 5.56. The van der Waals surface area contributed by atoms with Crippen molar-refractivity contribution >= 4 is 11.0 Å². The van der Waals surface area contributed by atoms with Gasteiger partial charge in [0.1, 0.15) is 5.82 Å².